The van der Waals surface area contributed by atoms with E-state index in [0.717, 1.165) is 24.3 Å². The fourth-order valence-electron chi connectivity index (χ4n) is 3.90. The van der Waals surface area contributed by atoms with Gasteiger partial charge in [-0.25, -0.2) is 4.99 Å². The lowest BCUT2D eigenvalue weighted by Gasteiger charge is -2.20. The molecular formula is C25H29N3O5S. The summed E-state index contributed by atoms with van der Waals surface area (Å²) in [4.78, 5) is 32.4. The molecule has 2 aliphatic rings. The molecule has 4 rings (SSSR count). The molecule has 0 spiro atoms. The molecule has 2 atom stereocenters. The Balaban J connectivity index is 1.49. The predicted octanol–water partition coefficient (Wildman–Crippen LogP) is 4.23. The number of carbonyl (C=O) groups excluding carboxylic acids is 2. The molecule has 2 aliphatic heterocycles. The summed E-state index contributed by atoms with van der Waals surface area (Å²) in [5.74, 6) is 0.956. The van der Waals surface area contributed by atoms with E-state index in [0.29, 0.717) is 36.4 Å². The third-order valence-electron chi connectivity index (χ3n) is 5.55. The van der Waals surface area contributed by atoms with Gasteiger partial charge in [-0.2, -0.15) is 0 Å². The highest BCUT2D eigenvalue weighted by Crippen LogP contribution is 2.34. The van der Waals surface area contributed by atoms with Crippen molar-refractivity contribution in [3.05, 3.63) is 48.5 Å². The number of hydrogen-bond donors (Lipinski definition) is 1. The highest BCUT2D eigenvalue weighted by molar-refractivity contribution is 8.15. The van der Waals surface area contributed by atoms with E-state index in [1.54, 1.807) is 24.1 Å². The highest BCUT2D eigenvalue weighted by Gasteiger charge is 2.40. The molecule has 34 heavy (non-hydrogen) atoms. The van der Waals surface area contributed by atoms with Gasteiger partial charge in [0.05, 0.1) is 37.7 Å². The summed E-state index contributed by atoms with van der Waals surface area (Å²) >= 11 is 1.32. The van der Waals surface area contributed by atoms with Crippen molar-refractivity contribution in [2.45, 2.75) is 37.5 Å². The molecule has 9 heteroatoms. The molecule has 2 amide bonds. The van der Waals surface area contributed by atoms with Crippen LogP contribution in [-0.2, 0) is 14.3 Å². The fourth-order valence-corrected chi connectivity index (χ4v) is 5.06. The first-order valence-electron chi connectivity index (χ1n) is 11.4. The molecule has 0 saturated carbocycles. The summed E-state index contributed by atoms with van der Waals surface area (Å²) in [5, 5.41) is 2.88. The van der Waals surface area contributed by atoms with E-state index in [1.807, 2.05) is 43.3 Å². The number of hydrogen-bond acceptors (Lipinski definition) is 7. The quantitative estimate of drug-likeness (QED) is 0.574. The molecule has 0 bridgehead atoms. The molecule has 2 unspecified atom stereocenters. The van der Waals surface area contributed by atoms with E-state index in [-0.39, 0.29) is 24.3 Å². The number of carbonyl (C=O) groups is 2. The van der Waals surface area contributed by atoms with Crippen LogP contribution in [0.3, 0.4) is 0 Å². The minimum Gasteiger partial charge on any atom is -0.495 e. The Bertz CT molecular complexity index is 1040. The Morgan fingerprint density at radius 2 is 2.03 bits per heavy atom. The van der Waals surface area contributed by atoms with Crippen molar-refractivity contribution in [2.24, 2.45) is 4.99 Å². The maximum Gasteiger partial charge on any atom is 0.242 e. The number of para-hydroxylation sites is 2. The monoisotopic (exact) mass is 483 g/mol. The van der Waals surface area contributed by atoms with Crippen LogP contribution >= 0.6 is 11.8 Å². The number of methoxy groups -OCH3 is 1. The van der Waals surface area contributed by atoms with E-state index >= 15 is 0 Å². The van der Waals surface area contributed by atoms with Crippen LogP contribution < -0.4 is 14.8 Å². The first-order chi connectivity index (χ1) is 16.6. The van der Waals surface area contributed by atoms with Crippen LogP contribution in [0.25, 0.3) is 0 Å². The summed E-state index contributed by atoms with van der Waals surface area (Å²) in [7, 11) is 1.55. The fraction of sp³-hybridized carbons (Fsp3) is 0.400. The van der Waals surface area contributed by atoms with E-state index in [9.17, 15) is 9.59 Å². The second-order valence-electron chi connectivity index (χ2n) is 7.96. The number of nitrogens with zero attached hydrogens (tertiary/aromatic N) is 2. The van der Waals surface area contributed by atoms with Gasteiger partial charge in [-0.05, 0) is 56.2 Å². The number of nitrogens with one attached hydrogen (secondary N) is 1. The molecule has 2 aromatic rings. The zero-order valence-electron chi connectivity index (χ0n) is 19.4. The van der Waals surface area contributed by atoms with Gasteiger partial charge in [0.2, 0.25) is 11.8 Å². The molecule has 8 nitrogen and oxygen atoms in total. The SMILES string of the molecule is CCOc1ccc(N=C2SC(CC(=O)Nc3ccccc3OC)C(=O)N2CC2CCCO2)cc1. The summed E-state index contributed by atoms with van der Waals surface area (Å²) in [5.41, 5.74) is 1.29. The van der Waals surface area contributed by atoms with Crippen molar-refractivity contribution in [1.29, 1.82) is 0 Å². The highest BCUT2D eigenvalue weighted by atomic mass is 32.2. The summed E-state index contributed by atoms with van der Waals surface area (Å²) < 4.78 is 16.6. The van der Waals surface area contributed by atoms with Gasteiger partial charge in [0.1, 0.15) is 16.7 Å². The number of thioether (sulfide) groups is 1. The summed E-state index contributed by atoms with van der Waals surface area (Å²) in [6.07, 6.45) is 1.90. The molecule has 0 aromatic heterocycles. The maximum atomic E-state index is 13.3. The Morgan fingerprint density at radius 1 is 1.24 bits per heavy atom. The molecule has 2 aromatic carbocycles. The topological polar surface area (TPSA) is 89.5 Å². The van der Waals surface area contributed by atoms with E-state index in [4.69, 9.17) is 19.2 Å². The van der Waals surface area contributed by atoms with Gasteiger partial charge < -0.3 is 19.5 Å². The average Bonchev–Trinajstić information content (AvgIpc) is 3.45. The Labute approximate surface area is 203 Å². The Kier molecular flexibility index (Phi) is 8.08. The van der Waals surface area contributed by atoms with Crippen LogP contribution in [0, 0.1) is 0 Å². The van der Waals surface area contributed by atoms with Crippen LogP contribution in [-0.4, -0.2) is 60.1 Å². The van der Waals surface area contributed by atoms with Crippen molar-refractivity contribution < 1.29 is 23.8 Å². The first kappa shape index (κ1) is 24.1. The average molecular weight is 484 g/mol. The normalized spacial score (nSPS) is 21.2. The van der Waals surface area contributed by atoms with Gasteiger partial charge in [-0.15, -0.1) is 0 Å². The number of amides is 2. The molecule has 2 heterocycles. The number of ether oxygens (including phenoxy) is 3. The predicted molar refractivity (Wildman–Crippen MR) is 133 cm³/mol. The van der Waals surface area contributed by atoms with Gasteiger partial charge in [-0.3, -0.25) is 14.5 Å². The van der Waals surface area contributed by atoms with Gasteiger partial charge in [0.15, 0.2) is 5.17 Å². The molecular weight excluding hydrogens is 454 g/mol. The second kappa shape index (κ2) is 11.4. The van der Waals surface area contributed by atoms with Crippen molar-refractivity contribution in [1.82, 2.24) is 4.90 Å². The minimum atomic E-state index is -0.558. The molecule has 2 fully saturated rings. The first-order valence-corrected chi connectivity index (χ1v) is 12.3. The number of rotatable bonds is 9. The number of amidine groups is 1. The summed E-state index contributed by atoms with van der Waals surface area (Å²) in [6.45, 7) is 3.66. The van der Waals surface area contributed by atoms with Gasteiger partial charge in [0.25, 0.3) is 0 Å². The minimum absolute atomic E-state index is 0.0174. The molecule has 1 N–H and O–H groups in total. The number of aliphatic imine (C=N–C) groups is 1. The van der Waals surface area contributed by atoms with E-state index < -0.39 is 5.25 Å². The lowest BCUT2D eigenvalue weighted by atomic mass is 10.2. The van der Waals surface area contributed by atoms with Crippen molar-refractivity contribution in [3.63, 3.8) is 0 Å². The van der Waals surface area contributed by atoms with E-state index in [2.05, 4.69) is 5.32 Å². The maximum absolute atomic E-state index is 13.3. The largest absolute Gasteiger partial charge is 0.495 e. The van der Waals surface area contributed by atoms with E-state index in [1.165, 1.54) is 11.8 Å². The Morgan fingerprint density at radius 3 is 2.74 bits per heavy atom. The van der Waals surface area contributed by atoms with Gasteiger partial charge >= 0.3 is 0 Å². The van der Waals surface area contributed by atoms with Crippen LogP contribution in [0.2, 0.25) is 0 Å². The van der Waals surface area contributed by atoms with Crippen LogP contribution in [0.1, 0.15) is 26.2 Å². The molecule has 0 aliphatic carbocycles. The second-order valence-corrected chi connectivity index (χ2v) is 9.13. The van der Waals surface area contributed by atoms with Crippen molar-refractivity contribution >= 4 is 40.1 Å². The number of anilines is 1. The van der Waals surface area contributed by atoms with Crippen LogP contribution in [0.4, 0.5) is 11.4 Å². The lowest BCUT2D eigenvalue weighted by Crippen LogP contribution is -2.38. The zero-order valence-corrected chi connectivity index (χ0v) is 20.2. The van der Waals surface area contributed by atoms with Crippen molar-refractivity contribution in [3.8, 4) is 11.5 Å². The molecule has 0 radical (unpaired) electrons. The zero-order chi connectivity index (χ0) is 23.9. The standard InChI is InChI=1S/C25H29N3O5S/c1-3-32-18-12-10-17(11-13-18)26-25-28(16-19-7-6-14-33-19)24(30)22(34-25)15-23(29)27-20-8-4-5-9-21(20)31-2/h4-5,8-13,19,22H,3,6-7,14-16H2,1-2H3,(H,27,29). The van der Waals surface area contributed by atoms with Gasteiger partial charge in [0, 0.05) is 13.0 Å². The Hall–Kier alpha value is -3.04. The number of benzene rings is 2. The van der Waals surface area contributed by atoms with Gasteiger partial charge in [-0.1, -0.05) is 23.9 Å². The van der Waals surface area contributed by atoms with Crippen molar-refractivity contribution in [2.75, 3.05) is 32.2 Å². The molecule has 180 valence electrons. The van der Waals surface area contributed by atoms with Crippen LogP contribution in [0.5, 0.6) is 11.5 Å². The smallest absolute Gasteiger partial charge is 0.242 e. The molecule has 2 saturated heterocycles. The third kappa shape index (κ3) is 5.90. The lowest BCUT2D eigenvalue weighted by molar-refractivity contribution is -0.129. The summed E-state index contributed by atoms with van der Waals surface area (Å²) in [6, 6.07) is 14.6. The third-order valence-corrected chi connectivity index (χ3v) is 6.73. The van der Waals surface area contributed by atoms with Crippen LogP contribution in [0.15, 0.2) is 53.5 Å².